The molecule has 1 aliphatic rings. The van der Waals surface area contributed by atoms with Gasteiger partial charge < -0.3 is 16.0 Å². The van der Waals surface area contributed by atoms with E-state index in [2.05, 4.69) is 41.0 Å². The lowest BCUT2D eigenvalue weighted by Crippen LogP contribution is -2.31. The highest BCUT2D eigenvalue weighted by Crippen LogP contribution is 2.27. The Labute approximate surface area is 175 Å². The number of halogens is 1. The van der Waals surface area contributed by atoms with Crippen molar-refractivity contribution in [2.75, 3.05) is 17.7 Å². The summed E-state index contributed by atoms with van der Waals surface area (Å²) < 4.78 is 16.1. The lowest BCUT2D eigenvalue weighted by atomic mass is 10.2. The Hall–Kier alpha value is -4.09. The molecular formula is C19H19FN10O. The number of hydrogen-bond acceptors (Lipinski definition) is 8. The number of anilines is 3. The summed E-state index contributed by atoms with van der Waals surface area (Å²) in [5, 5.41) is 13.0. The van der Waals surface area contributed by atoms with Crippen molar-refractivity contribution in [2.45, 2.75) is 18.6 Å². The van der Waals surface area contributed by atoms with Crippen molar-refractivity contribution in [3.63, 3.8) is 0 Å². The average molecular weight is 422 g/mol. The molecule has 0 unspecified atom stereocenters. The molecule has 0 saturated heterocycles. The van der Waals surface area contributed by atoms with Gasteiger partial charge >= 0.3 is 6.03 Å². The van der Waals surface area contributed by atoms with Crippen LogP contribution in [0.25, 0.3) is 22.6 Å². The normalized spacial score (nSPS) is 17.5. The number of hydrogen-bond donors (Lipinski definition) is 3. The van der Waals surface area contributed by atoms with E-state index in [1.165, 1.54) is 10.9 Å². The van der Waals surface area contributed by atoms with Gasteiger partial charge in [0.1, 0.15) is 18.8 Å². The van der Waals surface area contributed by atoms with Crippen LogP contribution < -0.4 is 16.0 Å². The Balaban J connectivity index is 1.47. The Morgan fingerprint density at radius 1 is 1.23 bits per heavy atom. The fourth-order valence-corrected chi connectivity index (χ4v) is 3.16. The van der Waals surface area contributed by atoms with Crippen LogP contribution in [0.4, 0.5) is 26.6 Å². The fraction of sp³-hybridized carbons (Fsp3) is 0.263. The van der Waals surface area contributed by atoms with Gasteiger partial charge in [0.15, 0.2) is 22.8 Å². The van der Waals surface area contributed by atoms with Gasteiger partial charge in [0.25, 0.3) is 0 Å². The number of amides is 1. The predicted octanol–water partition coefficient (Wildman–Crippen LogP) is 2.08. The number of nitrogens with zero attached hydrogens (tertiary/aromatic N) is 7. The van der Waals surface area contributed by atoms with E-state index in [0.29, 0.717) is 29.2 Å². The quantitative estimate of drug-likeness (QED) is 0.446. The molecular weight excluding hydrogens is 403 g/mol. The highest BCUT2D eigenvalue weighted by atomic mass is 19.1. The molecule has 1 amide bonds. The van der Waals surface area contributed by atoms with Gasteiger partial charge in [0.2, 0.25) is 5.95 Å². The third-order valence-electron chi connectivity index (χ3n) is 4.85. The Kier molecular flexibility index (Phi) is 4.46. The van der Waals surface area contributed by atoms with E-state index in [-0.39, 0.29) is 5.95 Å². The fourth-order valence-electron chi connectivity index (χ4n) is 3.16. The van der Waals surface area contributed by atoms with Gasteiger partial charge in [-0.3, -0.25) is 4.68 Å². The minimum absolute atomic E-state index is 0.271. The van der Waals surface area contributed by atoms with E-state index >= 15 is 0 Å². The second kappa shape index (κ2) is 7.31. The van der Waals surface area contributed by atoms with Crippen LogP contribution in [0.15, 0.2) is 36.9 Å². The monoisotopic (exact) mass is 422 g/mol. The van der Waals surface area contributed by atoms with Crippen molar-refractivity contribution in [1.82, 2.24) is 39.6 Å². The summed E-state index contributed by atoms with van der Waals surface area (Å²) in [7, 11) is 3.51. The lowest BCUT2D eigenvalue weighted by molar-refractivity contribution is 0.241. The lowest BCUT2D eigenvalue weighted by Gasteiger charge is -2.09. The molecule has 0 aliphatic heterocycles. The van der Waals surface area contributed by atoms with Crippen molar-refractivity contribution >= 4 is 34.6 Å². The molecule has 1 saturated carbocycles. The number of nitrogens with one attached hydrogen (secondary N) is 3. The summed E-state index contributed by atoms with van der Waals surface area (Å²) in [5.41, 5.74) is 2.29. The first kappa shape index (κ1) is 18.9. The third kappa shape index (κ3) is 3.63. The van der Waals surface area contributed by atoms with Crippen LogP contribution in [0, 0.1) is 0 Å². The van der Waals surface area contributed by atoms with Crippen molar-refractivity contribution in [3.8, 4) is 11.4 Å². The summed E-state index contributed by atoms with van der Waals surface area (Å²) in [6.45, 7) is 0. The van der Waals surface area contributed by atoms with E-state index in [4.69, 9.17) is 0 Å². The van der Waals surface area contributed by atoms with E-state index in [0.717, 1.165) is 11.3 Å². The zero-order chi connectivity index (χ0) is 21.5. The second-order valence-corrected chi connectivity index (χ2v) is 7.19. The van der Waals surface area contributed by atoms with Gasteiger partial charge in [-0.25, -0.2) is 23.7 Å². The SMILES string of the molecule is CNc1nc(Nc2cccc(-c3ncn(C)n3)c2)nc2c1ncn2C(=O)N[C@@H]1C[C@H]1F. The third-order valence-corrected chi connectivity index (χ3v) is 4.85. The predicted molar refractivity (Wildman–Crippen MR) is 112 cm³/mol. The largest absolute Gasteiger partial charge is 0.371 e. The Morgan fingerprint density at radius 2 is 2.06 bits per heavy atom. The van der Waals surface area contributed by atoms with Gasteiger partial charge in [-0.15, -0.1) is 0 Å². The number of imidazole rings is 1. The molecule has 158 valence electrons. The Bertz CT molecular complexity index is 1280. The Morgan fingerprint density at radius 3 is 2.77 bits per heavy atom. The van der Waals surface area contributed by atoms with Crippen LogP contribution >= 0.6 is 0 Å². The molecule has 1 aromatic carbocycles. The molecule has 11 nitrogen and oxygen atoms in total. The minimum Gasteiger partial charge on any atom is -0.371 e. The molecule has 4 aromatic rings. The summed E-state index contributed by atoms with van der Waals surface area (Å²) in [6, 6.07) is 6.56. The van der Waals surface area contributed by atoms with Crippen LogP contribution in [0.2, 0.25) is 0 Å². The maximum atomic E-state index is 13.2. The topological polar surface area (TPSA) is 127 Å². The molecule has 0 spiro atoms. The molecule has 12 heteroatoms. The standard InChI is InChI=1S/C19H19FN10O/c1-21-16-14-17(30(9-22-14)19(31)25-13-7-12(13)20)27-18(26-16)24-11-5-3-4-10(6-11)15-23-8-29(2)28-15/h3-6,8-9,12-13H,7H2,1-2H3,(H,25,31)(H2,21,24,26,27)/t12-,13-/m1/s1. The van der Waals surface area contributed by atoms with E-state index in [1.54, 1.807) is 25.1 Å². The minimum atomic E-state index is -1.00. The highest BCUT2D eigenvalue weighted by molar-refractivity contribution is 5.92. The molecule has 0 bridgehead atoms. The van der Waals surface area contributed by atoms with Gasteiger partial charge in [-0.05, 0) is 12.1 Å². The first-order chi connectivity index (χ1) is 15.0. The molecule has 0 radical (unpaired) electrons. The summed E-state index contributed by atoms with van der Waals surface area (Å²) in [4.78, 5) is 29.9. The number of carbonyl (C=O) groups excluding carboxylic acids is 1. The van der Waals surface area contributed by atoms with Crippen molar-refractivity contribution in [3.05, 3.63) is 36.9 Å². The molecule has 3 aromatic heterocycles. The highest BCUT2D eigenvalue weighted by Gasteiger charge is 2.39. The maximum absolute atomic E-state index is 13.2. The smallest absolute Gasteiger partial charge is 0.328 e. The molecule has 1 aliphatic carbocycles. The first-order valence-electron chi connectivity index (χ1n) is 9.62. The number of benzene rings is 1. The zero-order valence-corrected chi connectivity index (χ0v) is 16.7. The maximum Gasteiger partial charge on any atom is 0.328 e. The van der Waals surface area contributed by atoms with Gasteiger partial charge in [0.05, 0.1) is 6.04 Å². The van der Waals surface area contributed by atoms with Crippen molar-refractivity contribution in [2.24, 2.45) is 7.05 Å². The van der Waals surface area contributed by atoms with Crippen LogP contribution in [-0.2, 0) is 7.05 Å². The summed E-state index contributed by atoms with van der Waals surface area (Å²) in [5.74, 6) is 1.32. The van der Waals surface area contributed by atoms with Crippen molar-refractivity contribution < 1.29 is 9.18 Å². The average Bonchev–Trinajstić information content (AvgIpc) is 3.13. The first-order valence-corrected chi connectivity index (χ1v) is 9.62. The second-order valence-electron chi connectivity index (χ2n) is 7.19. The van der Waals surface area contributed by atoms with E-state index in [9.17, 15) is 9.18 Å². The van der Waals surface area contributed by atoms with Crippen LogP contribution in [0.5, 0.6) is 0 Å². The van der Waals surface area contributed by atoms with E-state index < -0.39 is 18.2 Å². The number of aromatic nitrogens is 7. The number of fused-ring (bicyclic) bond motifs is 1. The molecule has 3 N–H and O–H groups in total. The number of alkyl halides is 1. The van der Waals surface area contributed by atoms with Gasteiger partial charge in [0, 0.05) is 31.8 Å². The van der Waals surface area contributed by atoms with Crippen LogP contribution in [0.1, 0.15) is 6.42 Å². The molecule has 2 atom stereocenters. The number of carbonyl (C=O) groups is 1. The molecule has 31 heavy (non-hydrogen) atoms. The van der Waals surface area contributed by atoms with Gasteiger partial charge in [-0.1, -0.05) is 12.1 Å². The number of rotatable bonds is 5. The summed E-state index contributed by atoms with van der Waals surface area (Å²) >= 11 is 0. The van der Waals surface area contributed by atoms with Crippen molar-refractivity contribution in [1.29, 1.82) is 0 Å². The summed E-state index contributed by atoms with van der Waals surface area (Å²) in [6.07, 6.45) is 2.30. The number of aryl methyl sites for hydroxylation is 1. The zero-order valence-electron chi connectivity index (χ0n) is 16.7. The van der Waals surface area contributed by atoms with Gasteiger partial charge in [-0.2, -0.15) is 15.1 Å². The van der Waals surface area contributed by atoms with Crippen LogP contribution in [-0.4, -0.2) is 59.6 Å². The molecule has 5 rings (SSSR count). The molecule has 3 heterocycles. The molecule has 1 fully saturated rings. The van der Waals surface area contributed by atoms with E-state index in [1.807, 2.05) is 24.3 Å². The van der Waals surface area contributed by atoms with Crippen LogP contribution in [0.3, 0.4) is 0 Å².